The van der Waals surface area contributed by atoms with Crippen molar-refractivity contribution >= 4 is 16.8 Å². The predicted molar refractivity (Wildman–Crippen MR) is 162 cm³/mol. The van der Waals surface area contributed by atoms with Crippen molar-refractivity contribution in [2.24, 2.45) is 0 Å². The molecule has 1 unspecified atom stereocenters. The molecule has 0 saturated heterocycles. The van der Waals surface area contributed by atoms with Gasteiger partial charge in [-0.3, -0.25) is 4.79 Å². The molecule has 5 heteroatoms. The predicted octanol–water partition coefficient (Wildman–Crippen LogP) is 7.92. The summed E-state index contributed by atoms with van der Waals surface area (Å²) in [6.07, 6.45) is 2.27. The number of carbonyl (C=O) groups excluding carboxylic acids is 1. The number of hydrogen-bond acceptors (Lipinski definition) is 3. The third-order valence-electron chi connectivity index (χ3n) is 9.00. The summed E-state index contributed by atoms with van der Waals surface area (Å²) in [6, 6.07) is 23.4. The minimum absolute atomic E-state index is 0.0289. The molecule has 1 saturated carbocycles. The first kappa shape index (κ1) is 28.1. The molecule has 0 bridgehead atoms. The van der Waals surface area contributed by atoms with E-state index < -0.39 is 0 Å². The lowest BCUT2D eigenvalue weighted by Gasteiger charge is -2.22. The Kier molecular flexibility index (Phi) is 7.89. The van der Waals surface area contributed by atoms with Crippen LogP contribution in [0.4, 0.5) is 0 Å². The first-order valence-electron chi connectivity index (χ1n) is 14.4. The van der Waals surface area contributed by atoms with Gasteiger partial charge in [0.25, 0.3) is 5.91 Å². The first-order chi connectivity index (χ1) is 19.1. The van der Waals surface area contributed by atoms with Crippen molar-refractivity contribution in [2.45, 2.75) is 84.4 Å². The standard InChI is InChI=1S/C35H42N2O3/c1-22(2)28-9-8-10-29(19-28)24(4)36-34(38)30-13-16-33-32(20-30)23(3)25(5)37(33)21-27-11-14-31(15-12-27)35(17-18-35)26(6)40-39-7/h8-16,19-20,22,24,26H,17-18,21H2,1-7H3,(H,36,38)/t24-,26?/m0/s1. The highest BCUT2D eigenvalue weighted by Gasteiger charge is 2.50. The maximum Gasteiger partial charge on any atom is 0.251 e. The molecule has 5 nitrogen and oxygen atoms in total. The Morgan fingerprint density at radius 3 is 2.30 bits per heavy atom. The van der Waals surface area contributed by atoms with Crippen LogP contribution in [-0.4, -0.2) is 23.7 Å². The smallest absolute Gasteiger partial charge is 0.251 e. The van der Waals surface area contributed by atoms with Crippen molar-refractivity contribution < 1.29 is 14.6 Å². The Morgan fingerprint density at radius 1 is 0.950 bits per heavy atom. The fourth-order valence-corrected chi connectivity index (χ4v) is 5.97. The summed E-state index contributed by atoms with van der Waals surface area (Å²) in [7, 11) is 1.57. The van der Waals surface area contributed by atoms with E-state index in [1.807, 2.05) is 19.1 Å². The van der Waals surface area contributed by atoms with Crippen LogP contribution in [0.1, 0.15) is 96.4 Å². The summed E-state index contributed by atoms with van der Waals surface area (Å²) < 4.78 is 2.35. The minimum Gasteiger partial charge on any atom is -0.346 e. The van der Waals surface area contributed by atoms with Crippen molar-refractivity contribution in [3.05, 3.63) is 106 Å². The SMILES string of the molecule is COOC(C)C1(c2ccc(Cn3c(C)c(C)c4cc(C(=O)N[C@@H](C)c5cccc(C(C)C)c5)ccc43)cc2)CC1. The van der Waals surface area contributed by atoms with Gasteiger partial charge in [-0.05, 0) is 92.5 Å². The largest absolute Gasteiger partial charge is 0.346 e. The zero-order valence-electron chi connectivity index (χ0n) is 24.9. The maximum absolute atomic E-state index is 13.3. The van der Waals surface area contributed by atoms with E-state index in [-0.39, 0.29) is 23.5 Å². The highest BCUT2D eigenvalue weighted by Crippen LogP contribution is 2.52. The average molecular weight is 539 g/mol. The van der Waals surface area contributed by atoms with Crippen LogP contribution in [-0.2, 0) is 21.7 Å². The number of aryl methyl sites for hydroxylation is 1. The molecule has 1 aliphatic rings. The molecule has 1 fully saturated rings. The minimum atomic E-state index is -0.0730. The van der Waals surface area contributed by atoms with Crippen LogP contribution in [0.5, 0.6) is 0 Å². The van der Waals surface area contributed by atoms with Gasteiger partial charge in [-0.25, -0.2) is 9.78 Å². The quantitative estimate of drug-likeness (QED) is 0.165. The number of nitrogens with zero attached hydrogens (tertiary/aromatic N) is 1. The third-order valence-corrected chi connectivity index (χ3v) is 9.00. The van der Waals surface area contributed by atoms with Gasteiger partial charge < -0.3 is 9.88 Å². The number of benzene rings is 3. The van der Waals surface area contributed by atoms with Crippen LogP contribution >= 0.6 is 0 Å². The van der Waals surface area contributed by atoms with Crippen LogP contribution in [0.15, 0.2) is 66.7 Å². The van der Waals surface area contributed by atoms with Crippen molar-refractivity contribution in [3.63, 3.8) is 0 Å². The van der Waals surface area contributed by atoms with Gasteiger partial charge in [0.15, 0.2) is 0 Å². The first-order valence-corrected chi connectivity index (χ1v) is 14.4. The highest BCUT2D eigenvalue weighted by atomic mass is 17.2. The fraction of sp³-hybridized carbons (Fsp3) is 0.400. The monoisotopic (exact) mass is 538 g/mol. The molecule has 1 aromatic heterocycles. The van der Waals surface area contributed by atoms with Crippen molar-refractivity contribution in [1.82, 2.24) is 9.88 Å². The van der Waals surface area contributed by atoms with Gasteiger partial charge in [0.05, 0.1) is 19.3 Å². The molecule has 0 aliphatic heterocycles. The van der Waals surface area contributed by atoms with E-state index in [1.165, 1.54) is 27.9 Å². The zero-order valence-corrected chi connectivity index (χ0v) is 24.9. The second-order valence-corrected chi connectivity index (χ2v) is 11.8. The van der Waals surface area contributed by atoms with Crippen LogP contribution in [0, 0.1) is 13.8 Å². The summed E-state index contributed by atoms with van der Waals surface area (Å²) in [5.74, 6) is 0.401. The normalized spacial score (nSPS) is 15.8. The molecule has 4 aromatic rings. The number of hydrogen-bond donors (Lipinski definition) is 1. The van der Waals surface area contributed by atoms with Crippen molar-refractivity contribution in [3.8, 4) is 0 Å². The molecule has 1 aliphatic carbocycles. The molecule has 1 heterocycles. The molecule has 210 valence electrons. The topological polar surface area (TPSA) is 52.5 Å². The number of aromatic nitrogens is 1. The number of nitrogens with one attached hydrogen (secondary N) is 1. The number of carbonyl (C=O) groups is 1. The molecule has 1 N–H and O–H groups in total. The lowest BCUT2D eigenvalue weighted by Crippen LogP contribution is -2.26. The molecular weight excluding hydrogens is 496 g/mol. The molecule has 1 amide bonds. The van der Waals surface area contributed by atoms with Gasteiger partial charge >= 0.3 is 0 Å². The van der Waals surface area contributed by atoms with Crippen molar-refractivity contribution in [1.29, 1.82) is 0 Å². The van der Waals surface area contributed by atoms with Gasteiger partial charge in [-0.15, -0.1) is 0 Å². The average Bonchev–Trinajstić information content (AvgIpc) is 3.74. The van der Waals surface area contributed by atoms with E-state index in [9.17, 15) is 4.79 Å². The van der Waals surface area contributed by atoms with E-state index in [2.05, 4.69) is 99.1 Å². The molecule has 0 radical (unpaired) electrons. The summed E-state index contributed by atoms with van der Waals surface area (Å²) >= 11 is 0. The van der Waals surface area contributed by atoms with Crippen LogP contribution in [0.25, 0.3) is 10.9 Å². The van der Waals surface area contributed by atoms with E-state index in [0.29, 0.717) is 11.5 Å². The molecule has 40 heavy (non-hydrogen) atoms. The molecule has 3 aromatic carbocycles. The van der Waals surface area contributed by atoms with Gasteiger partial charge in [-0.1, -0.05) is 62.4 Å². The van der Waals surface area contributed by atoms with Gasteiger partial charge in [0.2, 0.25) is 0 Å². The number of rotatable bonds is 10. The van der Waals surface area contributed by atoms with Crippen LogP contribution in [0.3, 0.4) is 0 Å². The Morgan fingerprint density at radius 2 is 1.65 bits per heavy atom. The summed E-state index contributed by atoms with van der Waals surface area (Å²) in [4.78, 5) is 23.7. The molecule has 0 spiro atoms. The lowest BCUT2D eigenvalue weighted by atomic mass is 9.90. The van der Waals surface area contributed by atoms with Gasteiger partial charge in [0, 0.05) is 34.1 Å². The summed E-state index contributed by atoms with van der Waals surface area (Å²) in [6.45, 7) is 13.6. The zero-order chi connectivity index (χ0) is 28.6. The highest BCUT2D eigenvalue weighted by molar-refractivity contribution is 5.99. The summed E-state index contributed by atoms with van der Waals surface area (Å²) in [5, 5.41) is 4.32. The lowest BCUT2D eigenvalue weighted by molar-refractivity contribution is -0.307. The van der Waals surface area contributed by atoms with Gasteiger partial charge in [-0.2, -0.15) is 0 Å². The third kappa shape index (κ3) is 5.33. The fourth-order valence-electron chi connectivity index (χ4n) is 5.97. The van der Waals surface area contributed by atoms with Gasteiger partial charge in [0.1, 0.15) is 0 Å². The maximum atomic E-state index is 13.3. The number of fused-ring (bicyclic) bond motifs is 1. The number of amides is 1. The Bertz CT molecular complexity index is 1510. The Hall–Kier alpha value is -3.41. The van der Waals surface area contributed by atoms with Crippen LogP contribution in [0.2, 0.25) is 0 Å². The molecule has 2 atom stereocenters. The molecular formula is C35H42N2O3. The summed E-state index contributed by atoms with van der Waals surface area (Å²) in [5.41, 5.74) is 9.29. The van der Waals surface area contributed by atoms with E-state index in [1.54, 1.807) is 7.11 Å². The second-order valence-electron chi connectivity index (χ2n) is 11.8. The second kappa shape index (κ2) is 11.2. The molecule has 5 rings (SSSR count). The Labute approximate surface area is 238 Å². The van der Waals surface area contributed by atoms with E-state index in [4.69, 9.17) is 9.78 Å². The van der Waals surface area contributed by atoms with Crippen molar-refractivity contribution in [2.75, 3.05) is 7.11 Å². The van der Waals surface area contributed by atoms with E-state index in [0.717, 1.165) is 35.9 Å². The Balaban J connectivity index is 1.34. The van der Waals surface area contributed by atoms with Crippen LogP contribution < -0.4 is 5.32 Å². The van der Waals surface area contributed by atoms with E-state index >= 15 is 0 Å².